The van der Waals surface area contributed by atoms with Crippen molar-refractivity contribution in [2.45, 2.75) is 25.5 Å². The molecule has 168 valence electrons. The lowest BCUT2D eigenvalue weighted by Crippen LogP contribution is -2.39. The molecular formula is C23H30N2O5S. The predicted molar refractivity (Wildman–Crippen MR) is 125 cm³/mol. The maximum atomic E-state index is 5.87. The highest BCUT2D eigenvalue weighted by Crippen LogP contribution is 2.30. The van der Waals surface area contributed by atoms with Crippen LogP contribution >= 0.6 is 12.2 Å². The molecule has 2 aromatic rings. The van der Waals surface area contributed by atoms with E-state index in [0.29, 0.717) is 29.7 Å². The van der Waals surface area contributed by atoms with E-state index in [1.807, 2.05) is 36.4 Å². The Balaban J connectivity index is 1.82. The molecule has 0 aliphatic carbocycles. The smallest absolute Gasteiger partial charge is 0.173 e. The van der Waals surface area contributed by atoms with Crippen LogP contribution in [0.3, 0.4) is 0 Å². The second kappa shape index (κ2) is 11.1. The van der Waals surface area contributed by atoms with Crippen LogP contribution in [0.25, 0.3) is 0 Å². The topological polar surface area (TPSA) is 61.4 Å². The molecule has 1 atom stereocenters. The second-order valence-electron chi connectivity index (χ2n) is 7.19. The molecule has 0 amide bonds. The van der Waals surface area contributed by atoms with E-state index >= 15 is 0 Å². The van der Waals surface area contributed by atoms with Crippen LogP contribution in [-0.2, 0) is 11.3 Å². The number of nitrogens with one attached hydrogen (secondary N) is 1. The third-order valence-electron chi connectivity index (χ3n) is 5.24. The van der Waals surface area contributed by atoms with Crippen LogP contribution < -0.4 is 24.3 Å². The number of benzene rings is 2. The summed E-state index contributed by atoms with van der Waals surface area (Å²) in [5.74, 6) is 2.87. The van der Waals surface area contributed by atoms with Crippen LogP contribution in [0, 0.1) is 0 Å². The summed E-state index contributed by atoms with van der Waals surface area (Å²) in [5.41, 5.74) is 1.78. The van der Waals surface area contributed by atoms with Gasteiger partial charge in [0.1, 0.15) is 23.0 Å². The zero-order chi connectivity index (χ0) is 22.2. The average Bonchev–Trinajstić information content (AvgIpc) is 3.32. The molecule has 2 aromatic carbocycles. The maximum Gasteiger partial charge on any atom is 0.173 e. The van der Waals surface area contributed by atoms with Gasteiger partial charge in [0, 0.05) is 37.4 Å². The van der Waals surface area contributed by atoms with E-state index in [1.165, 1.54) is 0 Å². The molecule has 7 nitrogen and oxygen atoms in total. The summed E-state index contributed by atoms with van der Waals surface area (Å²) < 4.78 is 27.6. The lowest BCUT2D eigenvalue weighted by Gasteiger charge is -2.29. The molecule has 0 bridgehead atoms. The van der Waals surface area contributed by atoms with Crippen LogP contribution in [0.1, 0.15) is 18.4 Å². The molecular weight excluding hydrogens is 416 g/mol. The van der Waals surface area contributed by atoms with Crippen LogP contribution in [0.5, 0.6) is 23.0 Å². The Labute approximate surface area is 189 Å². The molecule has 0 radical (unpaired) electrons. The maximum absolute atomic E-state index is 5.87. The molecule has 1 unspecified atom stereocenters. The monoisotopic (exact) mass is 446 g/mol. The summed E-state index contributed by atoms with van der Waals surface area (Å²) >= 11 is 5.80. The number of hydrogen-bond donors (Lipinski definition) is 1. The minimum absolute atomic E-state index is 0.141. The first kappa shape index (κ1) is 23.0. The number of methoxy groups -OCH3 is 4. The lowest BCUT2D eigenvalue weighted by atomic mass is 10.1. The van der Waals surface area contributed by atoms with Gasteiger partial charge in [-0.1, -0.05) is 0 Å². The Hall–Kier alpha value is -2.71. The van der Waals surface area contributed by atoms with Crippen LogP contribution in [0.4, 0.5) is 5.69 Å². The molecule has 1 aliphatic rings. The second-order valence-corrected chi connectivity index (χ2v) is 7.58. The van der Waals surface area contributed by atoms with Gasteiger partial charge in [-0.3, -0.25) is 0 Å². The molecule has 1 aliphatic heterocycles. The molecule has 0 aromatic heterocycles. The van der Waals surface area contributed by atoms with Gasteiger partial charge in [-0.05, 0) is 49.3 Å². The average molecular weight is 447 g/mol. The van der Waals surface area contributed by atoms with E-state index in [0.717, 1.165) is 42.2 Å². The molecule has 0 spiro atoms. The van der Waals surface area contributed by atoms with Gasteiger partial charge >= 0.3 is 0 Å². The summed E-state index contributed by atoms with van der Waals surface area (Å²) in [7, 11) is 6.54. The summed E-state index contributed by atoms with van der Waals surface area (Å²) in [4.78, 5) is 2.10. The van der Waals surface area contributed by atoms with Crippen molar-refractivity contribution in [3.63, 3.8) is 0 Å². The molecule has 0 saturated carbocycles. The van der Waals surface area contributed by atoms with Gasteiger partial charge < -0.3 is 33.9 Å². The highest BCUT2D eigenvalue weighted by Gasteiger charge is 2.23. The Morgan fingerprint density at radius 3 is 2.29 bits per heavy atom. The van der Waals surface area contributed by atoms with Crippen molar-refractivity contribution < 1.29 is 23.7 Å². The lowest BCUT2D eigenvalue weighted by molar-refractivity contribution is 0.0903. The van der Waals surface area contributed by atoms with E-state index in [-0.39, 0.29) is 6.10 Å². The molecule has 1 N–H and O–H groups in total. The van der Waals surface area contributed by atoms with Gasteiger partial charge in [0.25, 0.3) is 0 Å². The highest BCUT2D eigenvalue weighted by atomic mass is 32.1. The standard InChI is InChI=1S/C23H30N2O5S/c1-26-17-8-7-16(21(12-17)28-3)14-25(15-19-6-5-11-30-19)23(31)24-20-10-9-18(27-2)13-22(20)29-4/h7-10,12-13,19H,5-6,11,14-15H2,1-4H3,(H,24,31). The summed E-state index contributed by atoms with van der Waals surface area (Å²) in [6.45, 7) is 2.04. The first-order valence-electron chi connectivity index (χ1n) is 10.2. The van der Waals surface area contributed by atoms with Crippen molar-refractivity contribution in [2.75, 3.05) is 46.9 Å². The van der Waals surface area contributed by atoms with Crippen LogP contribution in [0.2, 0.25) is 0 Å². The summed E-state index contributed by atoms with van der Waals surface area (Å²) in [5, 5.41) is 3.90. The Kier molecular flexibility index (Phi) is 8.20. The highest BCUT2D eigenvalue weighted by molar-refractivity contribution is 7.80. The molecule has 8 heteroatoms. The largest absolute Gasteiger partial charge is 0.497 e. The molecule has 3 rings (SSSR count). The number of ether oxygens (including phenoxy) is 5. The van der Waals surface area contributed by atoms with E-state index in [4.69, 9.17) is 35.9 Å². The molecule has 1 saturated heterocycles. The fraction of sp³-hybridized carbons (Fsp3) is 0.435. The van der Waals surface area contributed by atoms with E-state index in [9.17, 15) is 0 Å². The van der Waals surface area contributed by atoms with Crippen molar-refractivity contribution in [1.82, 2.24) is 4.90 Å². The molecule has 1 fully saturated rings. The van der Waals surface area contributed by atoms with Gasteiger partial charge in [0.2, 0.25) is 0 Å². The van der Waals surface area contributed by atoms with Gasteiger partial charge in [0.05, 0.1) is 40.2 Å². The van der Waals surface area contributed by atoms with Crippen molar-refractivity contribution >= 4 is 23.0 Å². The third-order valence-corrected chi connectivity index (χ3v) is 5.60. The van der Waals surface area contributed by atoms with Gasteiger partial charge in [0.15, 0.2) is 5.11 Å². The van der Waals surface area contributed by atoms with Crippen molar-refractivity contribution in [3.05, 3.63) is 42.0 Å². The zero-order valence-electron chi connectivity index (χ0n) is 18.5. The summed E-state index contributed by atoms with van der Waals surface area (Å²) in [6, 6.07) is 11.4. The number of nitrogens with zero attached hydrogens (tertiary/aromatic N) is 1. The first-order valence-corrected chi connectivity index (χ1v) is 10.6. The van der Waals surface area contributed by atoms with Crippen molar-refractivity contribution in [2.24, 2.45) is 0 Å². The van der Waals surface area contributed by atoms with E-state index < -0.39 is 0 Å². The van der Waals surface area contributed by atoms with Crippen molar-refractivity contribution in [1.29, 1.82) is 0 Å². The number of anilines is 1. The van der Waals surface area contributed by atoms with Gasteiger partial charge in [-0.2, -0.15) is 0 Å². The molecule has 31 heavy (non-hydrogen) atoms. The van der Waals surface area contributed by atoms with Crippen LogP contribution in [-0.4, -0.2) is 57.7 Å². The molecule has 1 heterocycles. The Bertz CT molecular complexity index is 886. The first-order chi connectivity index (χ1) is 15.1. The number of thiocarbonyl (C=S) groups is 1. The fourth-order valence-corrected chi connectivity index (χ4v) is 3.79. The number of rotatable bonds is 9. The SMILES string of the molecule is COc1ccc(CN(CC2CCCO2)C(=S)Nc2ccc(OC)cc2OC)c(OC)c1. The van der Waals surface area contributed by atoms with E-state index in [1.54, 1.807) is 28.4 Å². The predicted octanol–water partition coefficient (Wildman–Crippen LogP) is 4.10. The van der Waals surface area contributed by atoms with Crippen LogP contribution in [0.15, 0.2) is 36.4 Å². The van der Waals surface area contributed by atoms with E-state index in [2.05, 4.69) is 10.2 Å². The van der Waals surface area contributed by atoms with Crippen molar-refractivity contribution in [3.8, 4) is 23.0 Å². The minimum Gasteiger partial charge on any atom is -0.497 e. The Morgan fingerprint density at radius 2 is 1.68 bits per heavy atom. The Morgan fingerprint density at radius 1 is 1.00 bits per heavy atom. The minimum atomic E-state index is 0.141. The summed E-state index contributed by atoms with van der Waals surface area (Å²) in [6.07, 6.45) is 2.23. The van der Waals surface area contributed by atoms with Gasteiger partial charge in [-0.25, -0.2) is 0 Å². The third kappa shape index (κ3) is 5.92. The quantitative estimate of drug-likeness (QED) is 0.578. The van der Waals surface area contributed by atoms with Gasteiger partial charge in [-0.15, -0.1) is 0 Å². The fourth-order valence-electron chi connectivity index (χ4n) is 3.54. The number of hydrogen-bond acceptors (Lipinski definition) is 6. The normalized spacial score (nSPS) is 15.3. The zero-order valence-corrected chi connectivity index (χ0v) is 19.3.